The quantitative estimate of drug-likeness (QED) is 0.305. The molecular weight excluding hydrogens is 444 g/mol. The summed E-state index contributed by atoms with van der Waals surface area (Å²) in [5.41, 5.74) is 2.70. The van der Waals surface area contributed by atoms with Crippen LogP contribution in [0.3, 0.4) is 0 Å². The van der Waals surface area contributed by atoms with Crippen LogP contribution in [0.2, 0.25) is 0 Å². The van der Waals surface area contributed by atoms with Gasteiger partial charge in [-0.25, -0.2) is 4.68 Å². The molecule has 1 atom stereocenters. The first kappa shape index (κ1) is 24.2. The number of ether oxygens (including phenoxy) is 1. The van der Waals surface area contributed by atoms with Crippen LogP contribution < -0.4 is 4.74 Å². The van der Waals surface area contributed by atoms with Gasteiger partial charge in [0.25, 0.3) is 11.7 Å². The van der Waals surface area contributed by atoms with Crippen LogP contribution in [0.25, 0.3) is 11.4 Å². The molecule has 8 nitrogen and oxygen atoms in total. The zero-order valence-corrected chi connectivity index (χ0v) is 20.4. The van der Waals surface area contributed by atoms with Gasteiger partial charge >= 0.3 is 0 Å². The van der Waals surface area contributed by atoms with Crippen molar-refractivity contribution in [2.24, 2.45) is 0 Å². The molecule has 3 aromatic rings. The third-order valence-electron chi connectivity index (χ3n) is 6.10. The predicted octanol–water partition coefficient (Wildman–Crippen LogP) is 3.56. The van der Waals surface area contributed by atoms with E-state index in [4.69, 9.17) is 4.74 Å². The molecule has 0 aliphatic carbocycles. The average molecular weight is 475 g/mol. The fraction of sp³-hybridized carbons (Fsp3) is 0.296. The van der Waals surface area contributed by atoms with Gasteiger partial charge in [-0.15, -0.1) is 0 Å². The van der Waals surface area contributed by atoms with Gasteiger partial charge in [0.15, 0.2) is 0 Å². The molecule has 2 aromatic carbocycles. The van der Waals surface area contributed by atoms with Gasteiger partial charge in [-0.3, -0.25) is 9.59 Å². The van der Waals surface area contributed by atoms with Crippen molar-refractivity contribution in [3.8, 4) is 11.4 Å². The van der Waals surface area contributed by atoms with Crippen LogP contribution in [-0.4, -0.2) is 70.2 Å². The van der Waals surface area contributed by atoms with Crippen LogP contribution in [-0.2, 0) is 9.59 Å². The van der Waals surface area contributed by atoms with Gasteiger partial charge in [0, 0.05) is 13.1 Å². The highest BCUT2D eigenvalue weighted by Gasteiger charge is 2.46. The molecular formula is C27H30N4O4. The number of likely N-dealkylation sites (N-methyl/N-ethyl adjacent to an activating group) is 1. The largest absolute Gasteiger partial charge is 0.507 e. The number of nitrogens with zero attached hydrogens (tertiary/aromatic N) is 4. The molecule has 0 saturated carbocycles. The van der Waals surface area contributed by atoms with Gasteiger partial charge in [-0.1, -0.05) is 30.3 Å². The fourth-order valence-corrected chi connectivity index (χ4v) is 4.29. The highest BCUT2D eigenvalue weighted by Crippen LogP contribution is 2.40. The van der Waals surface area contributed by atoms with Crippen LogP contribution in [0.4, 0.5) is 0 Å². The van der Waals surface area contributed by atoms with Crippen LogP contribution in [0, 0.1) is 6.92 Å². The maximum absolute atomic E-state index is 13.2. The van der Waals surface area contributed by atoms with Crippen molar-refractivity contribution < 1.29 is 19.4 Å². The molecule has 0 radical (unpaired) electrons. The number of Topliss-reactive ketones (excluding diaryl/α,β-unsaturated/α-hetero) is 1. The lowest BCUT2D eigenvalue weighted by Gasteiger charge is -2.26. The Bertz CT molecular complexity index is 1250. The minimum atomic E-state index is -0.717. The molecule has 1 amide bonds. The summed E-state index contributed by atoms with van der Waals surface area (Å²) in [7, 11) is 3.81. The van der Waals surface area contributed by atoms with Crippen molar-refractivity contribution in [1.82, 2.24) is 19.6 Å². The van der Waals surface area contributed by atoms with E-state index in [1.165, 1.54) is 11.1 Å². The smallest absolute Gasteiger partial charge is 0.295 e. The zero-order valence-electron chi connectivity index (χ0n) is 20.4. The SMILES string of the molecule is CCOc1ccc([C@H]2C(=C(O)c3cnn(-c4ccccc4)c3C)C(=O)C(=O)N2CCN(C)C)cc1. The molecule has 1 aliphatic heterocycles. The molecule has 0 spiro atoms. The van der Waals surface area contributed by atoms with E-state index in [2.05, 4.69) is 5.10 Å². The van der Waals surface area contributed by atoms with E-state index in [0.717, 1.165) is 11.3 Å². The van der Waals surface area contributed by atoms with Crippen molar-refractivity contribution in [3.05, 3.63) is 83.2 Å². The van der Waals surface area contributed by atoms with Crippen molar-refractivity contribution in [2.75, 3.05) is 33.8 Å². The lowest BCUT2D eigenvalue weighted by atomic mass is 9.95. The van der Waals surface area contributed by atoms with E-state index in [-0.39, 0.29) is 11.3 Å². The number of aliphatic hydroxyl groups is 1. The number of rotatable bonds is 8. The molecule has 1 aromatic heterocycles. The second kappa shape index (κ2) is 10.1. The molecule has 1 saturated heterocycles. The van der Waals surface area contributed by atoms with Gasteiger partial charge in [-0.2, -0.15) is 5.10 Å². The van der Waals surface area contributed by atoms with Gasteiger partial charge in [0.1, 0.15) is 11.5 Å². The lowest BCUT2D eigenvalue weighted by molar-refractivity contribution is -0.140. The molecule has 182 valence electrons. The number of aliphatic hydroxyl groups excluding tert-OH is 1. The normalized spacial score (nSPS) is 17.4. The number of hydrogen-bond donors (Lipinski definition) is 1. The van der Waals surface area contributed by atoms with E-state index in [1.807, 2.05) is 87.4 Å². The van der Waals surface area contributed by atoms with Crippen molar-refractivity contribution in [2.45, 2.75) is 19.9 Å². The fourth-order valence-electron chi connectivity index (χ4n) is 4.29. The first-order valence-corrected chi connectivity index (χ1v) is 11.6. The monoisotopic (exact) mass is 474 g/mol. The van der Waals surface area contributed by atoms with Crippen LogP contribution >= 0.6 is 0 Å². The summed E-state index contributed by atoms with van der Waals surface area (Å²) < 4.78 is 7.25. The van der Waals surface area contributed by atoms with Gasteiger partial charge < -0.3 is 19.6 Å². The third kappa shape index (κ3) is 4.70. The topological polar surface area (TPSA) is 87.9 Å². The second-order valence-electron chi connectivity index (χ2n) is 8.69. The predicted molar refractivity (Wildman–Crippen MR) is 133 cm³/mol. The number of benzene rings is 2. The summed E-state index contributed by atoms with van der Waals surface area (Å²) in [4.78, 5) is 29.8. The summed E-state index contributed by atoms with van der Waals surface area (Å²) in [5, 5.41) is 15.8. The van der Waals surface area contributed by atoms with Crippen LogP contribution in [0.5, 0.6) is 5.75 Å². The third-order valence-corrected chi connectivity index (χ3v) is 6.10. The molecule has 1 fully saturated rings. The number of ketones is 1. The van der Waals surface area contributed by atoms with Crippen molar-refractivity contribution in [3.63, 3.8) is 0 Å². The number of amides is 1. The zero-order chi connectivity index (χ0) is 25.1. The maximum Gasteiger partial charge on any atom is 0.295 e. The van der Waals surface area contributed by atoms with E-state index >= 15 is 0 Å². The minimum absolute atomic E-state index is 0.0635. The molecule has 2 heterocycles. The number of carbonyl (C=O) groups is 2. The first-order chi connectivity index (χ1) is 16.8. The highest BCUT2D eigenvalue weighted by atomic mass is 16.5. The number of hydrogen-bond acceptors (Lipinski definition) is 6. The second-order valence-corrected chi connectivity index (χ2v) is 8.69. The Morgan fingerprint density at radius 3 is 2.40 bits per heavy atom. The Labute approximate surface area is 205 Å². The molecule has 1 aliphatic rings. The summed E-state index contributed by atoms with van der Waals surface area (Å²) in [6.07, 6.45) is 1.53. The average Bonchev–Trinajstić information content (AvgIpc) is 3.36. The maximum atomic E-state index is 13.2. The summed E-state index contributed by atoms with van der Waals surface area (Å²) in [5.74, 6) is -0.858. The highest BCUT2D eigenvalue weighted by molar-refractivity contribution is 6.46. The summed E-state index contributed by atoms with van der Waals surface area (Å²) in [6.45, 7) is 5.18. The van der Waals surface area contributed by atoms with Gasteiger partial charge in [0.05, 0.1) is 41.4 Å². The molecule has 0 unspecified atom stereocenters. The summed E-state index contributed by atoms with van der Waals surface area (Å²) >= 11 is 0. The molecule has 35 heavy (non-hydrogen) atoms. The lowest BCUT2D eigenvalue weighted by Crippen LogP contribution is -2.35. The van der Waals surface area contributed by atoms with Gasteiger partial charge in [0.2, 0.25) is 0 Å². The Morgan fingerprint density at radius 1 is 1.09 bits per heavy atom. The number of aromatic nitrogens is 2. The number of para-hydroxylation sites is 1. The Morgan fingerprint density at radius 2 is 1.77 bits per heavy atom. The van der Waals surface area contributed by atoms with E-state index in [9.17, 15) is 14.7 Å². The summed E-state index contributed by atoms with van der Waals surface area (Å²) in [6, 6.07) is 16.1. The van der Waals surface area contributed by atoms with Gasteiger partial charge in [-0.05, 0) is 57.8 Å². The van der Waals surface area contributed by atoms with Crippen molar-refractivity contribution >= 4 is 17.4 Å². The molecule has 8 heteroatoms. The Kier molecular flexibility index (Phi) is 7.02. The molecule has 4 rings (SSSR count). The van der Waals surface area contributed by atoms with Crippen molar-refractivity contribution in [1.29, 1.82) is 0 Å². The van der Waals surface area contributed by atoms with Crippen LogP contribution in [0.1, 0.15) is 29.8 Å². The molecule has 1 N–H and O–H groups in total. The number of likely N-dealkylation sites (tertiary alicyclic amines) is 1. The first-order valence-electron chi connectivity index (χ1n) is 11.6. The standard InChI is InChI=1S/C27H30N4O4/c1-5-35-21-13-11-19(12-14-21)24-23(26(33)27(34)30(24)16-15-29(3)4)25(32)22-17-28-31(18(22)2)20-9-7-6-8-10-20/h6-14,17,24,32H,5,15-16H2,1-4H3/t24-/m0/s1. The number of carbonyl (C=O) groups excluding carboxylic acids is 2. The van der Waals surface area contributed by atoms with E-state index in [0.29, 0.717) is 36.7 Å². The van der Waals surface area contributed by atoms with Crippen LogP contribution in [0.15, 0.2) is 66.4 Å². The molecule has 0 bridgehead atoms. The Hall–Kier alpha value is -3.91. The Balaban J connectivity index is 1.82. The van der Waals surface area contributed by atoms with E-state index < -0.39 is 17.7 Å². The minimum Gasteiger partial charge on any atom is -0.507 e. The van der Waals surface area contributed by atoms with E-state index in [1.54, 1.807) is 4.68 Å².